The molecule has 0 aliphatic carbocycles. The van der Waals surface area contributed by atoms with Crippen molar-refractivity contribution >= 4 is 93.0 Å². The third-order valence-electron chi connectivity index (χ3n) is 5.83. The van der Waals surface area contributed by atoms with Crippen LogP contribution >= 0.6 is 47.6 Å². The van der Waals surface area contributed by atoms with Crippen molar-refractivity contribution < 1.29 is 9.59 Å². The predicted octanol–water partition coefficient (Wildman–Crippen LogP) is 5.99. The van der Waals surface area contributed by atoms with E-state index in [4.69, 9.17) is 47.6 Å². The van der Waals surface area contributed by atoms with Gasteiger partial charge in [-0.2, -0.15) is 10.2 Å². The molecule has 4 N–H and O–H groups in total. The Kier molecular flexibility index (Phi) is 10.4. The number of anilines is 2. The maximum Gasteiger partial charge on any atom is 0.261 e. The molecule has 13 heteroatoms. The van der Waals surface area contributed by atoms with Crippen LogP contribution in [-0.2, 0) is 0 Å². The topological polar surface area (TPSA) is 110 Å². The lowest BCUT2D eigenvalue weighted by atomic mass is 10.1. The maximum absolute atomic E-state index is 12.8. The molecule has 1 heterocycles. The van der Waals surface area contributed by atoms with Crippen LogP contribution in [0.4, 0.5) is 11.4 Å². The van der Waals surface area contributed by atoms with Crippen LogP contribution < -0.4 is 21.5 Å². The van der Waals surface area contributed by atoms with Crippen LogP contribution in [0.2, 0.25) is 10.0 Å². The highest BCUT2D eigenvalue weighted by Crippen LogP contribution is 2.24. The highest BCUT2D eigenvalue weighted by molar-refractivity contribution is 7.80. The van der Waals surface area contributed by atoms with Gasteiger partial charge >= 0.3 is 0 Å². The average Bonchev–Trinajstić information content (AvgIpc) is 3.18. The number of rotatable bonds is 9. The zero-order chi connectivity index (χ0) is 29.4. The van der Waals surface area contributed by atoms with Crippen LogP contribution in [0.3, 0.4) is 0 Å². The minimum Gasteiger partial charge on any atom is -0.331 e. The number of aryl methyl sites for hydroxylation is 1. The Hall–Kier alpha value is -3.90. The van der Waals surface area contributed by atoms with Crippen molar-refractivity contribution in [2.24, 2.45) is 10.2 Å². The first-order valence-corrected chi connectivity index (χ1v) is 14.0. The molecule has 9 nitrogen and oxygen atoms in total. The van der Waals surface area contributed by atoms with Crippen molar-refractivity contribution in [3.8, 4) is 0 Å². The summed E-state index contributed by atoms with van der Waals surface area (Å²) in [7, 11) is 0. The highest BCUT2D eigenvalue weighted by atomic mass is 35.5. The molecule has 0 aromatic heterocycles. The van der Waals surface area contributed by atoms with Crippen molar-refractivity contribution in [2.45, 2.75) is 19.8 Å². The minimum absolute atomic E-state index is 0.218. The van der Waals surface area contributed by atoms with E-state index in [0.29, 0.717) is 39.7 Å². The Morgan fingerprint density at radius 1 is 0.829 bits per heavy atom. The molecule has 1 aliphatic rings. The Morgan fingerprint density at radius 2 is 1.39 bits per heavy atom. The smallest absolute Gasteiger partial charge is 0.261 e. The van der Waals surface area contributed by atoms with Crippen LogP contribution in [0.25, 0.3) is 0 Å². The first-order chi connectivity index (χ1) is 19.7. The highest BCUT2D eigenvalue weighted by Gasteiger charge is 2.34. The third kappa shape index (κ3) is 8.54. The van der Waals surface area contributed by atoms with E-state index in [-0.39, 0.29) is 28.6 Å². The molecule has 1 aliphatic heterocycles. The van der Waals surface area contributed by atoms with Gasteiger partial charge in [0.2, 0.25) is 0 Å². The number of thiocarbonyl (C=S) groups is 2. The lowest BCUT2D eigenvalue weighted by Gasteiger charge is -2.13. The number of imide groups is 1. The number of hydrogen-bond donors (Lipinski definition) is 4. The van der Waals surface area contributed by atoms with Crippen molar-refractivity contribution in [3.63, 3.8) is 0 Å². The summed E-state index contributed by atoms with van der Waals surface area (Å²) in [6.07, 6.45) is 2.31. The molecule has 0 bridgehead atoms. The lowest BCUT2D eigenvalue weighted by Crippen LogP contribution is -2.31. The van der Waals surface area contributed by atoms with E-state index in [2.05, 4.69) is 31.7 Å². The van der Waals surface area contributed by atoms with Crippen molar-refractivity contribution in [3.05, 3.63) is 93.5 Å². The number of halogens is 2. The third-order valence-corrected chi connectivity index (χ3v) is 6.72. The molecule has 3 aromatic carbocycles. The summed E-state index contributed by atoms with van der Waals surface area (Å²) in [5.41, 5.74) is 9.28. The summed E-state index contributed by atoms with van der Waals surface area (Å²) in [6.45, 7) is 2.10. The van der Waals surface area contributed by atoms with Gasteiger partial charge in [-0.25, -0.2) is 0 Å². The van der Waals surface area contributed by atoms with E-state index in [1.807, 2.05) is 13.0 Å². The van der Waals surface area contributed by atoms with E-state index in [1.54, 1.807) is 60.7 Å². The molecule has 0 spiro atoms. The van der Waals surface area contributed by atoms with Crippen molar-refractivity contribution in [2.75, 3.05) is 17.2 Å². The number of amides is 2. The van der Waals surface area contributed by atoms with E-state index in [9.17, 15) is 9.59 Å². The molecule has 0 fully saturated rings. The van der Waals surface area contributed by atoms with Gasteiger partial charge in [-0.05, 0) is 105 Å². The molecule has 41 heavy (non-hydrogen) atoms. The monoisotopic (exact) mass is 625 g/mol. The quantitative estimate of drug-likeness (QED) is 0.0993. The lowest BCUT2D eigenvalue weighted by molar-refractivity contribution is 0.0653. The summed E-state index contributed by atoms with van der Waals surface area (Å²) >= 11 is 22.5. The number of benzene rings is 3. The molecular weight excluding hydrogens is 601 g/mol. The second-order valence-corrected chi connectivity index (χ2v) is 10.6. The number of nitrogens with zero attached hydrogens (tertiary/aromatic N) is 3. The van der Waals surface area contributed by atoms with Gasteiger partial charge in [-0.15, -0.1) is 0 Å². The standard InChI is InChI=1S/C28H25Cl2N7O2S2/c1-17-4-13-23-24(15-17)26(39)37(25(23)38)14-2-3-22(34-36-28(41)33-21-11-7-19(30)8-12-21)16-31-35-27(40)32-20-9-5-18(29)6-10-20/h4-13,15-16H,2-3,14H2,1H3,(H2,32,35,40)(H2,33,36,41)/b31-16+,34-22+. The molecule has 4 rings (SSSR count). The van der Waals surface area contributed by atoms with Gasteiger partial charge in [0.05, 0.1) is 23.1 Å². The fourth-order valence-electron chi connectivity index (χ4n) is 3.85. The molecule has 0 saturated carbocycles. The Bertz CT molecular complexity index is 1530. The van der Waals surface area contributed by atoms with Gasteiger partial charge in [0.25, 0.3) is 11.8 Å². The van der Waals surface area contributed by atoms with Gasteiger partial charge in [0.15, 0.2) is 10.2 Å². The zero-order valence-electron chi connectivity index (χ0n) is 21.8. The summed E-state index contributed by atoms with van der Waals surface area (Å²) in [4.78, 5) is 26.9. The normalized spacial score (nSPS) is 12.9. The molecule has 0 atom stereocenters. The number of carbonyl (C=O) groups is 2. The van der Waals surface area contributed by atoms with Crippen LogP contribution in [0.1, 0.15) is 39.1 Å². The molecule has 0 saturated heterocycles. The Labute approximate surface area is 258 Å². The summed E-state index contributed by atoms with van der Waals surface area (Å²) < 4.78 is 0. The number of hydrazone groups is 2. The number of fused-ring (bicyclic) bond motifs is 1. The molecule has 0 radical (unpaired) electrons. The van der Waals surface area contributed by atoms with Gasteiger partial charge in [0.1, 0.15) is 0 Å². The van der Waals surface area contributed by atoms with Gasteiger partial charge in [0, 0.05) is 28.0 Å². The number of nitrogens with one attached hydrogen (secondary N) is 4. The Balaban J connectivity index is 1.37. The van der Waals surface area contributed by atoms with Crippen molar-refractivity contribution in [1.29, 1.82) is 0 Å². The fourth-order valence-corrected chi connectivity index (χ4v) is 4.43. The molecule has 210 valence electrons. The number of hydrogen-bond acceptors (Lipinski definition) is 6. The van der Waals surface area contributed by atoms with Crippen LogP contribution in [0, 0.1) is 6.92 Å². The maximum atomic E-state index is 12.8. The van der Waals surface area contributed by atoms with E-state index < -0.39 is 0 Å². The first kappa shape index (κ1) is 30.1. The second-order valence-electron chi connectivity index (χ2n) is 8.92. The average molecular weight is 627 g/mol. The molecule has 0 unspecified atom stereocenters. The predicted molar refractivity (Wildman–Crippen MR) is 173 cm³/mol. The second kappa shape index (κ2) is 14.1. The van der Waals surface area contributed by atoms with Gasteiger partial charge < -0.3 is 10.6 Å². The first-order valence-electron chi connectivity index (χ1n) is 12.4. The SMILES string of the molecule is Cc1ccc2c(c1)C(=O)N(CCCC(/C=N/NC(=S)Nc1ccc(Cl)cc1)=N\NC(=S)Nc1ccc(Cl)cc1)C2=O. The van der Waals surface area contributed by atoms with Crippen LogP contribution in [-0.4, -0.2) is 45.4 Å². The summed E-state index contributed by atoms with van der Waals surface area (Å²) in [5.74, 6) is -0.600. The summed E-state index contributed by atoms with van der Waals surface area (Å²) in [5, 5.41) is 16.3. The van der Waals surface area contributed by atoms with E-state index in [1.165, 1.54) is 11.1 Å². The molecular formula is C28H25Cl2N7O2S2. The zero-order valence-corrected chi connectivity index (χ0v) is 24.9. The Morgan fingerprint density at radius 3 is 2.00 bits per heavy atom. The fraction of sp³-hybridized carbons (Fsp3) is 0.143. The van der Waals surface area contributed by atoms with Gasteiger partial charge in [-0.3, -0.25) is 25.3 Å². The molecule has 2 amide bonds. The van der Waals surface area contributed by atoms with Gasteiger partial charge in [-0.1, -0.05) is 34.8 Å². The van der Waals surface area contributed by atoms with E-state index in [0.717, 1.165) is 16.9 Å². The van der Waals surface area contributed by atoms with Crippen LogP contribution in [0.5, 0.6) is 0 Å². The van der Waals surface area contributed by atoms with Crippen molar-refractivity contribution in [1.82, 2.24) is 15.8 Å². The molecule has 3 aromatic rings. The minimum atomic E-state index is -0.302. The largest absolute Gasteiger partial charge is 0.331 e. The number of carbonyl (C=O) groups excluding carboxylic acids is 2. The van der Waals surface area contributed by atoms with Crippen LogP contribution in [0.15, 0.2) is 76.9 Å². The summed E-state index contributed by atoms with van der Waals surface area (Å²) in [6, 6.07) is 19.3. The van der Waals surface area contributed by atoms with E-state index >= 15 is 0 Å².